The Hall–Kier alpha value is -2.05. The minimum absolute atomic E-state index is 0.0196. The minimum atomic E-state index is -1.57. The summed E-state index contributed by atoms with van der Waals surface area (Å²) in [6.45, 7) is 0.471. The van der Waals surface area contributed by atoms with Gasteiger partial charge in [0.25, 0.3) is 11.3 Å². The predicted octanol–water partition coefficient (Wildman–Crippen LogP) is 2.52. The number of aromatic nitrogens is 1. The Bertz CT molecular complexity index is 989. The standard InChI is InChI=1S/C18H20ClN5O4S2/c1-24-17(20)23-18(7-4-8-28-16(18)30(24)26)14-10(19)9-11(29-14)15(25)22-12-5-3-6-13(21-12)27-2/h3,5-6,9,16H,4,7-8H2,1-2H3,(H2,20,23)(H,21,22,25). The van der Waals surface area contributed by atoms with Gasteiger partial charge in [-0.15, -0.1) is 11.3 Å². The average Bonchev–Trinajstić information content (AvgIpc) is 3.15. The second-order valence-corrected chi connectivity index (χ2v) is 9.82. The first-order valence-corrected chi connectivity index (χ1v) is 11.5. The molecule has 3 atom stereocenters. The first-order chi connectivity index (χ1) is 14.4. The molecule has 2 aromatic heterocycles. The van der Waals surface area contributed by atoms with Gasteiger partial charge in [0.1, 0.15) is 17.2 Å². The molecule has 2 aromatic rings. The molecule has 30 heavy (non-hydrogen) atoms. The predicted molar refractivity (Wildman–Crippen MR) is 115 cm³/mol. The molecule has 0 saturated carbocycles. The first kappa shape index (κ1) is 21.2. The molecule has 1 amide bonds. The van der Waals surface area contributed by atoms with E-state index < -0.39 is 22.3 Å². The van der Waals surface area contributed by atoms with Gasteiger partial charge in [-0.1, -0.05) is 17.7 Å². The molecular formula is C18H20ClN5O4S2. The molecule has 3 unspecified atom stereocenters. The molecule has 4 heterocycles. The highest BCUT2D eigenvalue weighted by Gasteiger charge is 2.58. The number of fused-ring (bicyclic) bond motifs is 1. The number of methoxy groups -OCH3 is 1. The molecular weight excluding hydrogens is 450 g/mol. The van der Waals surface area contributed by atoms with Crippen LogP contribution in [0, 0.1) is 5.41 Å². The maximum Gasteiger partial charge on any atom is 0.269 e. The van der Waals surface area contributed by atoms with E-state index >= 15 is 0 Å². The average molecular weight is 470 g/mol. The number of ether oxygens (including phenoxy) is 2. The van der Waals surface area contributed by atoms with Gasteiger partial charge in [-0.05, 0) is 25.0 Å². The van der Waals surface area contributed by atoms with Gasteiger partial charge in [-0.2, -0.15) is 9.29 Å². The van der Waals surface area contributed by atoms with Crippen LogP contribution in [0.4, 0.5) is 5.82 Å². The molecule has 0 aromatic carbocycles. The lowest BCUT2D eigenvalue weighted by molar-refractivity contribution is -0.00912. The van der Waals surface area contributed by atoms with Crippen molar-refractivity contribution < 1.29 is 18.8 Å². The van der Waals surface area contributed by atoms with Crippen molar-refractivity contribution in [2.45, 2.75) is 23.8 Å². The van der Waals surface area contributed by atoms with Gasteiger partial charge in [0.05, 0.1) is 35.5 Å². The van der Waals surface area contributed by atoms with E-state index in [1.165, 1.54) is 22.8 Å². The third kappa shape index (κ3) is 3.60. The molecule has 9 nitrogen and oxygen atoms in total. The maximum absolute atomic E-state index is 12.9. The van der Waals surface area contributed by atoms with Crippen molar-refractivity contribution >= 4 is 52.0 Å². The van der Waals surface area contributed by atoms with E-state index in [1.807, 2.05) is 0 Å². The number of rotatable bonds is 4. The van der Waals surface area contributed by atoms with E-state index in [0.717, 1.165) is 0 Å². The van der Waals surface area contributed by atoms with Gasteiger partial charge in [-0.3, -0.25) is 10.2 Å². The van der Waals surface area contributed by atoms with Crippen molar-refractivity contribution in [1.29, 1.82) is 5.41 Å². The Morgan fingerprint density at radius 3 is 3.17 bits per heavy atom. The lowest BCUT2D eigenvalue weighted by atomic mass is 9.90. The van der Waals surface area contributed by atoms with Crippen molar-refractivity contribution in [2.75, 3.05) is 26.1 Å². The monoisotopic (exact) mass is 469 g/mol. The van der Waals surface area contributed by atoms with E-state index in [2.05, 4.69) is 15.6 Å². The van der Waals surface area contributed by atoms with E-state index in [4.69, 9.17) is 26.5 Å². The highest BCUT2D eigenvalue weighted by Crippen LogP contribution is 2.47. The van der Waals surface area contributed by atoms with Gasteiger partial charge in [0.15, 0.2) is 5.54 Å². The number of guanidine groups is 1. The summed E-state index contributed by atoms with van der Waals surface area (Å²) in [4.78, 5) is 18.0. The van der Waals surface area contributed by atoms with Crippen LogP contribution in [0.2, 0.25) is 5.02 Å². The number of hydrogen-bond donors (Lipinski definition) is 3. The van der Waals surface area contributed by atoms with Crippen molar-refractivity contribution in [1.82, 2.24) is 14.6 Å². The highest BCUT2D eigenvalue weighted by molar-refractivity contribution is 7.90. The zero-order valence-corrected chi connectivity index (χ0v) is 18.6. The summed E-state index contributed by atoms with van der Waals surface area (Å²) >= 11 is 6.16. The molecule has 12 heteroatoms. The topological polar surface area (TPSA) is 123 Å². The van der Waals surface area contributed by atoms with E-state index in [-0.39, 0.29) is 11.9 Å². The minimum Gasteiger partial charge on any atom is -0.591 e. The SMILES string of the molecule is COc1cccc(NC(=O)c2cc(Cl)c(C34CCCOC3[S+]([O-])N(C)C(=N)N4)s2)n1. The fourth-order valence-corrected chi connectivity index (χ4v) is 6.55. The summed E-state index contributed by atoms with van der Waals surface area (Å²) in [6.07, 6.45) is 1.29. The Morgan fingerprint density at radius 2 is 2.40 bits per heavy atom. The summed E-state index contributed by atoms with van der Waals surface area (Å²) in [5.41, 5.74) is -1.64. The Labute approximate surface area is 185 Å². The number of nitrogens with zero attached hydrogens (tertiary/aromatic N) is 2. The molecule has 3 N–H and O–H groups in total. The molecule has 4 rings (SSSR count). The van der Waals surface area contributed by atoms with E-state index in [0.29, 0.717) is 45.9 Å². The third-order valence-electron chi connectivity index (χ3n) is 4.99. The van der Waals surface area contributed by atoms with Gasteiger partial charge in [-0.25, -0.2) is 0 Å². The van der Waals surface area contributed by atoms with Crippen LogP contribution in [-0.4, -0.2) is 51.9 Å². The van der Waals surface area contributed by atoms with Crippen LogP contribution < -0.4 is 15.4 Å². The molecule has 0 bridgehead atoms. The van der Waals surface area contributed by atoms with Crippen molar-refractivity contribution in [3.8, 4) is 5.88 Å². The van der Waals surface area contributed by atoms with Crippen LogP contribution in [0.15, 0.2) is 24.3 Å². The normalized spacial score (nSPS) is 26.0. The van der Waals surface area contributed by atoms with Gasteiger partial charge >= 0.3 is 0 Å². The molecule has 160 valence electrons. The highest BCUT2D eigenvalue weighted by atomic mass is 35.5. The molecule has 2 saturated heterocycles. The number of carbonyl (C=O) groups is 1. The van der Waals surface area contributed by atoms with Crippen LogP contribution in [-0.2, 0) is 21.6 Å². The molecule has 2 fully saturated rings. The largest absolute Gasteiger partial charge is 0.591 e. The Kier molecular flexibility index (Phi) is 5.82. The van der Waals surface area contributed by atoms with Crippen molar-refractivity contribution in [3.05, 3.63) is 39.0 Å². The number of pyridine rings is 1. The molecule has 0 spiro atoms. The van der Waals surface area contributed by atoms with Crippen LogP contribution in [0.25, 0.3) is 0 Å². The number of halogens is 1. The maximum atomic E-state index is 12.9. The third-order valence-corrected chi connectivity index (χ3v) is 8.34. The first-order valence-electron chi connectivity index (χ1n) is 9.10. The van der Waals surface area contributed by atoms with E-state index in [9.17, 15) is 9.35 Å². The number of anilines is 1. The lowest BCUT2D eigenvalue weighted by Crippen LogP contribution is -2.69. The van der Waals surface area contributed by atoms with Crippen molar-refractivity contribution in [2.24, 2.45) is 0 Å². The Morgan fingerprint density at radius 1 is 1.60 bits per heavy atom. The molecule has 0 aliphatic carbocycles. The van der Waals surface area contributed by atoms with Gasteiger partial charge in [0, 0.05) is 6.07 Å². The smallest absolute Gasteiger partial charge is 0.269 e. The summed E-state index contributed by atoms with van der Waals surface area (Å²) in [5.74, 6) is 0.381. The number of amides is 1. The lowest BCUT2D eigenvalue weighted by Gasteiger charge is -2.48. The van der Waals surface area contributed by atoms with Crippen LogP contribution >= 0.6 is 22.9 Å². The van der Waals surface area contributed by atoms with Crippen LogP contribution in [0.5, 0.6) is 5.88 Å². The molecule has 0 radical (unpaired) electrons. The summed E-state index contributed by atoms with van der Waals surface area (Å²) < 4.78 is 25.1. The second kappa shape index (κ2) is 8.23. The zero-order chi connectivity index (χ0) is 21.5. The zero-order valence-electron chi connectivity index (χ0n) is 16.2. The summed E-state index contributed by atoms with van der Waals surface area (Å²) in [5, 5.41) is 14.4. The Balaban J connectivity index is 1.65. The van der Waals surface area contributed by atoms with E-state index in [1.54, 1.807) is 31.3 Å². The molecule has 2 aliphatic heterocycles. The summed E-state index contributed by atoms with van der Waals surface area (Å²) in [7, 11) is 3.07. The van der Waals surface area contributed by atoms with Crippen molar-refractivity contribution in [3.63, 3.8) is 0 Å². The van der Waals surface area contributed by atoms with Gasteiger partial charge in [0.2, 0.25) is 11.8 Å². The second-order valence-electron chi connectivity index (χ2n) is 6.83. The number of carbonyl (C=O) groups excluding carboxylic acids is 1. The number of thiophene rings is 1. The number of hydrogen-bond acceptors (Lipinski definition) is 7. The fourth-order valence-electron chi connectivity index (χ4n) is 3.52. The fraction of sp³-hybridized carbons (Fsp3) is 0.389. The van der Waals surface area contributed by atoms with Crippen LogP contribution in [0.3, 0.4) is 0 Å². The van der Waals surface area contributed by atoms with Gasteiger partial charge < -0.3 is 24.7 Å². The summed E-state index contributed by atoms with van der Waals surface area (Å²) in [6, 6.07) is 6.63. The molecule has 2 aliphatic rings. The quantitative estimate of drug-likeness (QED) is 0.588. The van der Waals surface area contributed by atoms with Crippen LogP contribution in [0.1, 0.15) is 27.4 Å². The number of nitrogens with one attached hydrogen (secondary N) is 3.